The third-order valence-electron chi connectivity index (χ3n) is 14.2. The van der Waals surface area contributed by atoms with E-state index in [2.05, 4.69) is 96.0 Å². The Bertz CT molecular complexity index is 3230. The molecule has 362 valence electrons. The molecule has 4 N–H and O–H groups in total. The number of halogens is 2. The van der Waals surface area contributed by atoms with Gasteiger partial charge in [0.2, 0.25) is 0 Å². The van der Waals surface area contributed by atoms with E-state index in [1.165, 1.54) is 35.3 Å². The maximum absolute atomic E-state index is 15.8. The molecule has 2 unspecified atom stereocenters. The highest BCUT2D eigenvalue weighted by Crippen LogP contribution is 2.42. The van der Waals surface area contributed by atoms with Crippen LogP contribution in [-0.4, -0.2) is 119 Å². The maximum atomic E-state index is 15.8. The minimum Gasteiger partial charge on any atom is -0.489 e. The highest BCUT2D eigenvalue weighted by atomic mass is 32.1. The third kappa shape index (κ3) is 8.63. The van der Waals surface area contributed by atoms with Crippen molar-refractivity contribution in [2.75, 3.05) is 79.5 Å². The van der Waals surface area contributed by atoms with Crippen molar-refractivity contribution in [2.24, 2.45) is 11.8 Å². The molecule has 0 spiro atoms. The van der Waals surface area contributed by atoms with Crippen LogP contribution in [-0.2, 0) is 9.47 Å². The van der Waals surface area contributed by atoms with Crippen LogP contribution in [0.4, 0.5) is 43.2 Å². The Morgan fingerprint density at radius 1 is 0.700 bits per heavy atom. The zero-order valence-electron chi connectivity index (χ0n) is 38.8. The van der Waals surface area contributed by atoms with Gasteiger partial charge in [-0.1, -0.05) is 0 Å². The van der Waals surface area contributed by atoms with Gasteiger partial charge in [0.1, 0.15) is 48.0 Å². The van der Waals surface area contributed by atoms with Crippen LogP contribution in [0.5, 0.6) is 11.5 Å². The fourth-order valence-corrected chi connectivity index (χ4v) is 11.5. The van der Waals surface area contributed by atoms with Gasteiger partial charge >= 0.3 is 0 Å². The van der Waals surface area contributed by atoms with Crippen LogP contribution in [0, 0.1) is 23.5 Å². The Hall–Kier alpha value is -6.16. The number of hydrogen-bond acceptors (Lipinski definition) is 18. The van der Waals surface area contributed by atoms with E-state index in [-0.39, 0.29) is 47.8 Å². The molecule has 70 heavy (non-hydrogen) atoms. The Morgan fingerprint density at radius 2 is 1.27 bits per heavy atom. The summed E-state index contributed by atoms with van der Waals surface area (Å²) in [7, 11) is 0. The number of nitrogens with zero attached hydrogens (tertiary/aromatic N) is 8. The second-order valence-corrected chi connectivity index (χ2v) is 20.4. The van der Waals surface area contributed by atoms with E-state index in [0.717, 1.165) is 57.1 Å². The second kappa shape index (κ2) is 18.9. The molecule has 0 aliphatic carbocycles. The molecule has 0 amide bonds. The van der Waals surface area contributed by atoms with Crippen molar-refractivity contribution in [3.8, 4) is 11.5 Å². The number of anilines is 6. The Kier molecular flexibility index (Phi) is 12.1. The van der Waals surface area contributed by atoms with E-state index >= 15 is 8.78 Å². The Labute approximate surface area is 410 Å². The monoisotopic (exact) mass is 986 g/mol. The fourth-order valence-electron chi connectivity index (χ4n) is 10.1. The largest absolute Gasteiger partial charge is 0.489 e. The first kappa shape index (κ1) is 45.0. The zero-order valence-corrected chi connectivity index (χ0v) is 40.5. The summed E-state index contributed by atoms with van der Waals surface area (Å²) in [5.74, 6) is 1.75. The predicted octanol–water partition coefficient (Wildman–Crippen LogP) is 8.42. The topological polar surface area (TPSA) is 169 Å². The lowest BCUT2D eigenvalue weighted by molar-refractivity contribution is -0.153. The molecule has 4 saturated heterocycles. The molecule has 6 atom stereocenters. The van der Waals surface area contributed by atoms with Crippen molar-refractivity contribution < 1.29 is 27.7 Å². The van der Waals surface area contributed by atoms with Crippen LogP contribution in [0.2, 0.25) is 0 Å². The van der Waals surface area contributed by atoms with Crippen molar-refractivity contribution in [3.05, 3.63) is 83.8 Å². The Morgan fingerprint density at radius 3 is 1.81 bits per heavy atom. The SMILES string of the molecule is C[C@@H]1CN(c2cc(O[C@H](C)C3COC3C[C@@H]3CN(c4cc(O[C@@H](C)C5COC5)c5c(Nc6ccc7ncsc7c6F)ncnc5c4)CCN3)c3c(Nc4ccc5ncsc5c4F)ncnc3c2)CCN1. The summed E-state index contributed by atoms with van der Waals surface area (Å²) in [6.07, 6.45) is 3.35. The molecule has 20 heteroatoms. The summed E-state index contributed by atoms with van der Waals surface area (Å²) in [5.41, 5.74) is 8.47. The van der Waals surface area contributed by atoms with Gasteiger partial charge in [-0.25, -0.2) is 38.7 Å². The summed E-state index contributed by atoms with van der Waals surface area (Å²) in [6, 6.07) is 15.7. The molecule has 0 bridgehead atoms. The van der Waals surface area contributed by atoms with E-state index in [1.54, 1.807) is 35.3 Å². The fraction of sp³-hybridized carbons (Fsp3) is 0.400. The average molecular weight is 987 g/mol. The number of fused-ring (bicyclic) bond motifs is 4. The number of benzene rings is 4. The first-order valence-corrected chi connectivity index (χ1v) is 25.6. The zero-order chi connectivity index (χ0) is 47.5. The van der Waals surface area contributed by atoms with Crippen LogP contribution < -0.4 is 40.5 Å². The third-order valence-corrected chi connectivity index (χ3v) is 15.8. The van der Waals surface area contributed by atoms with Crippen LogP contribution in [0.15, 0.2) is 72.2 Å². The molecule has 4 aromatic carbocycles. The first-order chi connectivity index (χ1) is 34.2. The van der Waals surface area contributed by atoms with Gasteiger partial charge < -0.3 is 50.0 Å². The van der Waals surface area contributed by atoms with Crippen LogP contribution >= 0.6 is 22.7 Å². The lowest BCUT2D eigenvalue weighted by Crippen LogP contribution is -2.56. The van der Waals surface area contributed by atoms with Gasteiger partial charge in [0.05, 0.1) is 90.6 Å². The number of aromatic nitrogens is 6. The number of hydrogen-bond donors (Lipinski definition) is 4. The van der Waals surface area contributed by atoms with Gasteiger partial charge in [-0.3, -0.25) is 0 Å². The highest BCUT2D eigenvalue weighted by molar-refractivity contribution is 7.17. The molecule has 4 aromatic heterocycles. The number of nitrogens with one attached hydrogen (secondary N) is 4. The van der Waals surface area contributed by atoms with E-state index < -0.39 is 0 Å². The number of ether oxygens (including phenoxy) is 4. The van der Waals surface area contributed by atoms with Crippen LogP contribution in [0.1, 0.15) is 27.2 Å². The van der Waals surface area contributed by atoms with E-state index in [1.807, 2.05) is 0 Å². The molecule has 8 aromatic rings. The summed E-state index contributed by atoms with van der Waals surface area (Å²) >= 11 is 2.52. The van der Waals surface area contributed by atoms with E-state index in [4.69, 9.17) is 28.9 Å². The lowest BCUT2D eigenvalue weighted by Gasteiger charge is -2.44. The van der Waals surface area contributed by atoms with Crippen LogP contribution in [0.25, 0.3) is 42.2 Å². The van der Waals surface area contributed by atoms with Crippen molar-refractivity contribution in [3.63, 3.8) is 0 Å². The molecule has 12 rings (SSSR count). The minimum absolute atomic E-state index is 0.0584. The van der Waals surface area contributed by atoms with E-state index in [0.29, 0.717) is 103 Å². The minimum atomic E-state index is -0.379. The quantitative estimate of drug-likeness (QED) is 0.0819. The Balaban J connectivity index is 0.792. The summed E-state index contributed by atoms with van der Waals surface area (Å²) < 4.78 is 58.1. The molecule has 16 nitrogen and oxygen atoms in total. The number of piperazine rings is 2. The molecule has 0 saturated carbocycles. The maximum Gasteiger partial charge on any atom is 0.166 e. The smallest absolute Gasteiger partial charge is 0.166 e. The molecule has 4 aliphatic heterocycles. The summed E-state index contributed by atoms with van der Waals surface area (Å²) in [4.78, 5) is 32.0. The standard InChI is InChI=1S/C50H52F2N12O4S2/c1-26-17-63(10-8-53-26)31-13-38-44(50(58-22-55-38)62-35-5-7-37-48(46(35)52)70-25-60-37)42(15-31)68-28(3)33-21-66-40(33)12-30-18-64(11-9-54-30)32-14-39-43(41(16-32)67-27(2)29-19-65-20-29)49(57-23-56-39)61-34-4-6-36-47(45(34)51)69-24-59-36/h4-7,13-16,22-30,33,40,53-54H,8-12,17-21H2,1-3H3,(H,55,58,62)(H,56,57,61)/t26-,27+,28-,30-,33?,40?/m1/s1. The first-order valence-electron chi connectivity index (χ1n) is 23.8. The normalized spacial score (nSPS) is 21.7. The summed E-state index contributed by atoms with van der Waals surface area (Å²) in [5, 5.41) is 15.2. The molecule has 4 fully saturated rings. The number of thiazole rings is 2. The molecule has 8 heterocycles. The average Bonchev–Trinajstić information content (AvgIpc) is 4.03. The molecule has 0 radical (unpaired) electrons. The van der Waals surface area contributed by atoms with Gasteiger partial charge in [-0.15, -0.1) is 22.7 Å². The van der Waals surface area contributed by atoms with Gasteiger partial charge in [0, 0.05) is 86.7 Å². The highest BCUT2D eigenvalue weighted by Gasteiger charge is 2.40. The predicted molar refractivity (Wildman–Crippen MR) is 271 cm³/mol. The van der Waals surface area contributed by atoms with Crippen molar-refractivity contribution in [2.45, 2.75) is 57.6 Å². The van der Waals surface area contributed by atoms with Crippen molar-refractivity contribution in [1.29, 1.82) is 0 Å². The molecular formula is C50H52F2N12O4S2. The molecular weight excluding hydrogens is 935 g/mol. The van der Waals surface area contributed by atoms with Crippen molar-refractivity contribution in [1.82, 2.24) is 40.5 Å². The van der Waals surface area contributed by atoms with E-state index in [9.17, 15) is 0 Å². The molecule has 4 aliphatic rings. The van der Waals surface area contributed by atoms with Gasteiger partial charge in [0.15, 0.2) is 11.6 Å². The van der Waals surface area contributed by atoms with Gasteiger partial charge in [0.25, 0.3) is 0 Å². The lowest BCUT2D eigenvalue weighted by atomic mass is 9.87. The summed E-state index contributed by atoms with van der Waals surface area (Å²) in [6.45, 7) is 13.0. The van der Waals surface area contributed by atoms with Gasteiger partial charge in [-0.05, 0) is 63.6 Å². The van der Waals surface area contributed by atoms with Crippen LogP contribution in [0.3, 0.4) is 0 Å². The second-order valence-electron chi connectivity index (χ2n) is 18.7. The van der Waals surface area contributed by atoms with Gasteiger partial charge in [-0.2, -0.15) is 0 Å². The number of rotatable bonds is 14. The van der Waals surface area contributed by atoms with Crippen molar-refractivity contribution >= 4 is 99.3 Å².